The van der Waals surface area contributed by atoms with E-state index in [2.05, 4.69) is 6.07 Å². The lowest BCUT2D eigenvalue weighted by atomic mass is 10.4. The van der Waals surface area contributed by atoms with Crippen LogP contribution in [0.4, 0.5) is 13.2 Å². The first kappa shape index (κ1) is 12.0. The molecule has 0 fully saturated rings. The van der Waals surface area contributed by atoms with Gasteiger partial charge in [0.25, 0.3) is 0 Å². The lowest BCUT2D eigenvalue weighted by Gasteiger charge is -2.07. The van der Waals surface area contributed by atoms with Crippen molar-refractivity contribution >= 4 is 35.0 Å². The van der Waals surface area contributed by atoms with Gasteiger partial charge >= 0.3 is 6.18 Å². The van der Waals surface area contributed by atoms with Crippen LogP contribution >= 0.6 is 35.0 Å². The van der Waals surface area contributed by atoms with Crippen molar-refractivity contribution in [1.82, 2.24) is 0 Å². The molecule has 1 radical (unpaired) electrons. The molecule has 0 aromatic heterocycles. The lowest BCUT2D eigenvalue weighted by Crippen LogP contribution is -2.10. The van der Waals surface area contributed by atoms with Crippen molar-refractivity contribution in [2.75, 3.05) is 5.75 Å². The first-order valence-electron chi connectivity index (χ1n) is 3.45. The van der Waals surface area contributed by atoms with E-state index in [9.17, 15) is 13.2 Å². The second-order valence-corrected chi connectivity index (χ2v) is 4.19. The first-order chi connectivity index (χ1) is 6.40. The molecular formula is C8H4Cl2F3S. The summed E-state index contributed by atoms with van der Waals surface area (Å²) in [5.41, 5.74) is 0. The van der Waals surface area contributed by atoms with Gasteiger partial charge in [-0.3, -0.25) is 0 Å². The van der Waals surface area contributed by atoms with Gasteiger partial charge in [0.1, 0.15) is 0 Å². The SMILES string of the molecule is FC(F)(F)CSc1c[c]cc(Cl)c1Cl. The minimum Gasteiger partial charge on any atom is -0.170 e. The van der Waals surface area contributed by atoms with Gasteiger partial charge < -0.3 is 0 Å². The summed E-state index contributed by atoms with van der Waals surface area (Å²) < 4.78 is 35.6. The maximum absolute atomic E-state index is 11.9. The highest BCUT2D eigenvalue weighted by molar-refractivity contribution is 7.99. The molecule has 1 rings (SSSR count). The Kier molecular flexibility index (Phi) is 3.98. The molecule has 0 saturated carbocycles. The highest BCUT2D eigenvalue weighted by Gasteiger charge is 2.27. The summed E-state index contributed by atoms with van der Waals surface area (Å²) >= 11 is 11.9. The predicted molar refractivity (Wildman–Crippen MR) is 52.1 cm³/mol. The van der Waals surface area contributed by atoms with Crippen LogP contribution in [0.2, 0.25) is 10.0 Å². The molecule has 0 spiro atoms. The number of hydrogen-bond acceptors (Lipinski definition) is 1. The molecule has 0 aliphatic rings. The summed E-state index contributed by atoms with van der Waals surface area (Å²) in [6.07, 6.45) is -4.21. The van der Waals surface area contributed by atoms with E-state index in [0.29, 0.717) is 11.8 Å². The molecule has 0 atom stereocenters. The number of hydrogen-bond donors (Lipinski definition) is 0. The van der Waals surface area contributed by atoms with E-state index in [1.54, 1.807) is 0 Å². The fourth-order valence-corrected chi connectivity index (χ4v) is 1.90. The van der Waals surface area contributed by atoms with Crippen LogP contribution in [0.5, 0.6) is 0 Å². The van der Waals surface area contributed by atoms with Crippen LogP contribution in [0.3, 0.4) is 0 Å². The Bertz CT molecular complexity index is 325. The van der Waals surface area contributed by atoms with Crippen molar-refractivity contribution in [2.24, 2.45) is 0 Å². The normalized spacial score (nSPS) is 11.8. The molecular weight excluding hydrogens is 256 g/mol. The highest BCUT2D eigenvalue weighted by Crippen LogP contribution is 2.35. The Morgan fingerprint density at radius 2 is 1.93 bits per heavy atom. The Hall–Kier alpha value is -0.0600. The third-order valence-corrected chi connectivity index (χ3v) is 3.26. The Morgan fingerprint density at radius 3 is 2.50 bits per heavy atom. The van der Waals surface area contributed by atoms with E-state index in [1.165, 1.54) is 12.1 Å². The lowest BCUT2D eigenvalue weighted by molar-refractivity contribution is -0.105. The molecule has 0 heterocycles. The average Bonchev–Trinajstić information content (AvgIpc) is 2.06. The molecule has 14 heavy (non-hydrogen) atoms. The largest absolute Gasteiger partial charge is 0.398 e. The maximum Gasteiger partial charge on any atom is 0.398 e. The fourth-order valence-electron chi connectivity index (χ4n) is 0.700. The van der Waals surface area contributed by atoms with Crippen molar-refractivity contribution in [1.29, 1.82) is 0 Å². The monoisotopic (exact) mass is 259 g/mol. The second kappa shape index (κ2) is 4.64. The molecule has 0 N–H and O–H groups in total. The Morgan fingerprint density at radius 1 is 1.29 bits per heavy atom. The van der Waals surface area contributed by atoms with E-state index in [-0.39, 0.29) is 14.9 Å². The van der Waals surface area contributed by atoms with Crippen molar-refractivity contribution < 1.29 is 13.2 Å². The zero-order chi connectivity index (χ0) is 10.8. The molecule has 6 heteroatoms. The van der Waals surface area contributed by atoms with Gasteiger partial charge in [-0.1, -0.05) is 23.2 Å². The van der Waals surface area contributed by atoms with Crippen LogP contribution in [0.1, 0.15) is 0 Å². The number of rotatable bonds is 2. The van der Waals surface area contributed by atoms with E-state index in [0.717, 1.165) is 0 Å². The summed E-state index contributed by atoms with van der Waals surface area (Å²) in [5, 5.41) is 0.346. The van der Waals surface area contributed by atoms with Crippen molar-refractivity contribution in [3.63, 3.8) is 0 Å². The van der Waals surface area contributed by atoms with Gasteiger partial charge in [-0.05, 0) is 18.2 Å². The minimum absolute atomic E-state index is 0.139. The van der Waals surface area contributed by atoms with Gasteiger partial charge in [-0.25, -0.2) is 0 Å². The molecule has 0 amide bonds. The van der Waals surface area contributed by atoms with Gasteiger partial charge in [0.05, 0.1) is 15.8 Å². The summed E-state index contributed by atoms with van der Waals surface area (Å²) in [6, 6.07) is 5.39. The molecule has 0 unspecified atom stereocenters. The third-order valence-electron chi connectivity index (χ3n) is 1.24. The fraction of sp³-hybridized carbons (Fsp3) is 0.250. The topological polar surface area (TPSA) is 0 Å². The quantitative estimate of drug-likeness (QED) is 0.708. The summed E-state index contributed by atoms with van der Waals surface area (Å²) in [6.45, 7) is 0. The highest BCUT2D eigenvalue weighted by atomic mass is 35.5. The van der Waals surface area contributed by atoms with Crippen LogP contribution in [-0.2, 0) is 0 Å². The molecule has 77 valence electrons. The van der Waals surface area contributed by atoms with Crippen molar-refractivity contribution in [2.45, 2.75) is 11.1 Å². The Balaban J connectivity index is 2.73. The summed E-state index contributed by atoms with van der Waals surface area (Å²) in [7, 11) is 0. The van der Waals surface area contributed by atoms with Gasteiger partial charge in [0.2, 0.25) is 0 Å². The predicted octanol–water partition coefficient (Wildman–Crippen LogP) is 4.45. The zero-order valence-corrected chi connectivity index (χ0v) is 8.99. The number of alkyl halides is 3. The smallest absolute Gasteiger partial charge is 0.170 e. The zero-order valence-electron chi connectivity index (χ0n) is 6.66. The van der Waals surface area contributed by atoms with Crippen molar-refractivity contribution in [3.05, 3.63) is 28.2 Å². The van der Waals surface area contributed by atoms with Gasteiger partial charge in [0.15, 0.2) is 0 Å². The average molecular weight is 260 g/mol. The number of benzene rings is 1. The molecule has 0 saturated heterocycles. The van der Waals surface area contributed by atoms with E-state index in [4.69, 9.17) is 23.2 Å². The maximum atomic E-state index is 11.9. The van der Waals surface area contributed by atoms with E-state index < -0.39 is 11.9 Å². The molecule has 1 aromatic carbocycles. The van der Waals surface area contributed by atoms with E-state index in [1.807, 2.05) is 0 Å². The summed E-state index contributed by atoms with van der Waals surface area (Å²) in [5.74, 6) is -0.985. The number of thioether (sulfide) groups is 1. The third kappa shape index (κ3) is 3.59. The molecule has 0 aliphatic carbocycles. The van der Waals surface area contributed by atoms with E-state index >= 15 is 0 Å². The summed E-state index contributed by atoms with van der Waals surface area (Å²) in [4.78, 5) is 0.288. The standard InChI is InChI=1S/C8H4Cl2F3S/c9-5-2-1-3-6(7(5)10)14-4-8(11,12)13/h2-3H,4H2. The van der Waals surface area contributed by atoms with Crippen LogP contribution in [0, 0.1) is 6.07 Å². The van der Waals surface area contributed by atoms with Crippen LogP contribution in [-0.4, -0.2) is 11.9 Å². The van der Waals surface area contributed by atoms with Crippen molar-refractivity contribution in [3.8, 4) is 0 Å². The second-order valence-electron chi connectivity index (χ2n) is 2.39. The first-order valence-corrected chi connectivity index (χ1v) is 5.19. The molecule has 0 nitrogen and oxygen atoms in total. The van der Waals surface area contributed by atoms with Gasteiger partial charge in [-0.15, -0.1) is 11.8 Å². The number of halogens is 5. The van der Waals surface area contributed by atoms with Gasteiger partial charge in [0, 0.05) is 4.90 Å². The molecule has 1 aromatic rings. The minimum atomic E-state index is -4.21. The Labute approximate surface area is 93.4 Å². The van der Waals surface area contributed by atoms with Crippen LogP contribution in [0.25, 0.3) is 0 Å². The van der Waals surface area contributed by atoms with Gasteiger partial charge in [-0.2, -0.15) is 13.2 Å². The van der Waals surface area contributed by atoms with Crippen LogP contribution in [0.15, 0.2) is 17.0 Å². The molecule has 0 bridgehead atoms. The molecule has 0 aliphatic heterocycles. The van der Waals surface area contributed by atoms with Crippen LogP contribution < -0.4 is 0 Å².